The Morgan fingerprint density at radius 2 is 1.64 bits per heavy atom. The van der Waals surface area contributed by atoms with Crippen LogP contribution >= 0.6 is 12.4 Å². The molecule has 2 unspecified atom stereocenters. The molecule has 1 saturated carbocycles. The maximum atomic E-state index is 10.6. The van der Waals surface area contributed by atoms with Crippen LogP contribution in [0, 0.1) is 17.8 Å². The quantitative estimate of drug-likeness (QED) is 0.562. The summed E-state index contributed by atoms with van der Waals surface area (Å²) in [7, 11) is 0. The van der Waals surface area contributed by atoms with Gasteiger partial charge in [0.2, 0.25) is 0 Å². The Bertz CT molecular complexity index is 115. The van der Waals surface area contributed by atoms with Crippen LogP contribution in [-0.2, 0) is 4.79 Å². The molecule has 0 heterocycles. The van der Waals surface area contributed by atoms with Gasteiger partial charge in [-0.25, -0.2) is 0 Å². The predicted molar refractivity (Wildman–Crippen MR) is 49.0 cm³/mol. The highest BCUT2D eigenvalue weighted by molar-refractivity contribution is 5.85. The molecule has 1 nitrogen and oxygen atoms in total. The van der Waals surface area contributed by atoms with Crippen LogP contribution in [0.1, 0.15) is 33.1 Å². The molecule has 0 N–H and O–H groups in total. The predicted octanol–water partition coefficient (Wildman–Crippen LogP) is 2.68. The minimum absolute atomic E-state index is 0. The average molecular weight is 177 g/mol. The van der Waals surface area contributed by atoms with Gasteiger partial charge < -0.3 is 4.79 Å². The molecular weight excluding hydrogens is 160 g/mol. The first-order valence-electron chi connectivity index (χ1n) is 4.21. The number of carbonyl (C=O) groups is 1. The molecule has 1 aliphatic rings. The largest absolute Gasteiger partial charge is 0.303 e. The van der Waals surface area contributed by atoms with Crippen molar-refractivity contribution in [2.75, 3.05) is 0 Å². The number of carbonyl (C=O) groups excluding carboxylic acids is 1. The summed E-state index contributed by atoms with van der Waals surface area (Å²) in [5.41, 5.74) is 0. The minimum atomic E-state index is 0. The van der Waals surface area contributed by atoms with Crippen molar-refractivity contribution < 1.29 is 4.79 Å². The van der Waals surface area contributed by atoms with E-state index in [1.807, 2.05) is 0 Å². The van der Waals surface area contributed by atoms with Gasteiger partial charge in [0.25, 0.3) is 0 Å². The first-order chi connectivity index (χ1) is 4.75. The lowest BCUT2D eigenvalue weighted by molar-refractivity contribution is -0.114. The summed E-state index contributed by atoms with van der Waals surface area (Å²) in [6, 6.07) is 0. The van der Waals surface area contributed by atoms with Crippen molar-refractivity contribution in [3.05, 3.63) is 0 Å². The third kappa shape index (κ3) is 2.48. The summed E-state index contributed by atoms with van der Waals surface area (Å²) < 4.78 is 0. The Hall–Kier alpha value is -0.0400. The van der Waals surface area contributed by atoms with Gasteiger partial charge in [-0.05, 0) is 11.8 Å². The second-order valence-electron chi connectivity index (χ2n) is 3.60. The molecule has 66 valence electrons. The first kappa shape index (κ1) is 11.0. The van der Waals surface area contributed by atoms with Crippen LogP contribution in [0.3, 0.4) is 0 Å². The minimum Gasteiger partial charge on any atom is -0.303 e. The van der Waals surface area contributed by atoms with Crippen LogP contribution in [-0.4, -0.2) is 6.29 Å². The second kappa shape index (κ2) is 4.76. The Labute approximate surface area is 75.0 Å². The lowest BCUT2D eigenvalue weighted by atomic mass is 9.74. The summed E-state index contributed by atoms with van der Waals surface area (Å²) in [6.07, 6.45) is 4.95. The fourth-order valence-corrected chi connectivity index (χ4v) is 1.98. The van der Waals surface area contributed by atoms with Crippen molar-refractivity contribution >= 4 is 18.7 Å². The zero-order chi connectivity index (χ0) is 7.56. The van der Waals surface area contributed by atoms with Gasteiger partial charge in [-0.3, -0.25) is 0 Å². The van der Waals surface area contributed by atoms with E-state index in [2.05, 4.69) is 13.8 Å². The van der Waals surface area contributed by atoms with E-state index in [1.54, 1.807) is 0 Å². The zero-order valence-corrected chi connectivity index (χ0v) is 8.06. The second-order valence-corrected chi connectivity index (χ2v) is 3.60. The molecule has 1 fully saturated rings. The van der Waals surface area contributed by atoms with Crippen molar-refractivity contribution in [3.8, 4) is 0 Å². The number of aldehydes is 1. The lowest BCUT2D eigenvalue weighted by Crippen LogP contribution is -2.25. The zero-order valence-electron chi connectivity index (χ0n) is 7.25. The van der Waals surface area contributed by atoms with Gasteiger partial charge >= 0.3 is 0 Å². The van der Waals surface area contributed by atoms with Crippen molar-refractivity contribution in [1.82, 2.24) is 0 Å². The normalized spacial score (nSPS) is 37.5. The van der Waals surface area contributed by atoms with Gasteiger partial charge in [0.15, 0.2) is 0 Å². The maximum Gasteiger partial charge on any atom is 0.123 e. The molecule has 1 aliphatic carbocycles. The summed E-state index contributed by atoms with van der Waals surface area (Å²) in [4.78, 5) is 10.6. The summed E-state index contributed by atoms with van der Waals surface area (Å²) in [6.45, 7) is 4.38. The third-order valence-electron chi connectivity index (χ3n) is 2.79. The molecule has 0 radical (unpaired) electrons. The molecule has 0 aromatic carbocycles. The van der Waals surface area contributed by atoms with Crippen LogP contribution in [0.4, 0.5) is 0 Å². The standard InChI is InChI=1S/C9H16O.ClH/c1-7-4-3-5-8(2)9(7)6-10;/h6-9H,3-5H2,1-2H3;1H. The van der Waals surface area contributed by atoms with Gasteiger partial charge in [-0.2, -0.15) is 0 Å². The number of hydrogen-bond donors (Lipinski definition) is 0. The van der Waals surface area contributed by atoms with E-state index in [4.69, 9.17) is 0 Å². The van der Waals surface area contributed by atoms with Crippen LogP contribution in [0.15, 0.2) is 0 Å². The topological polar surface area (TPSA) is 17.1 Å². The van der Waals surface area contributed by atoms with Gasteiger partial charge in [-0.1, -0.05) is 33.1 Å². The molecule has 2 heteroatoms. The maximum absolute atomic E-state index is 10.6. The van der Waals surface area contributed by atoms with E-state index >= 15 is 0 Å². The lowest BCUT2D eigenvalue weighted by Gasteiger charge is -2.30. The van der Waals surface area contributed by atoms with Gasteiger partial charge in [0, 0.05) is 5.92 Å². The van der Waals surface area contributed by atoms with Crippen molar-refractivity contribution in [2.45, 2.75) is 33.1 Å². The van der Waals surface area contributed by atoms with E-state index in [0.717, 1.165) is 6.29 Å². The summed E-state index contributed by atoms with van der Waals surface area (Å²) in [5, 5.41) is 0. The summed E-state index contributed by atoms with van der Waals surface area (Å²) >= 11 is 0. The summed E-state index contributed by atoms with van der Waals surface area (Å²) in [5.74, 6) is 1.59. The molecule has 0 bridgehead atoms. The van der Waals surface area contributed by atoms with Gasteiger partial charge in [0.05, 0.1) is 0 Å². The molecule has 2 atom stereocenters. The molecule has 0 aromatic heterocycles. The van der Waals surface area contributed by atoms with Crippen LogP contribution in [0.5, 0.6) is 0 Å². The van der Waals surface area contributed by atoms with Crippen LogP contribution < -0.4 is 0 Å². The van der Waals surface area contributed by atoms with Gasteiger partial charge in [-0.15, -0.1) is 12.4 Å². The monoisotopic (exact) mass is 176 g/mol. The fourth-order valence-electron chi connectivity index (χ4n) is 1.98. The molecular formula is C9H17ClO. The average Bonchev–Trinajstić information content (AvgIpc) is 1.88. The third-order valence-corrected chi connectivity index (χ3v) is 2.79. The highest BCUT2D eigenvalue weighted by Crippen LogP contribution is 2.32. The molecule has 0 aromatic rings. The molecule has 0 amide bonds. The Balaban J connectivity index is 0.000001000. The van der Waals surface area contributed by atoms with Crippen LogP contribution in [0.2, 0.25) is 0 Å². The molecule has 0 spiro atoms. The first-order valence-corrected chi connectivity index (χ1v) is 4.21. The Morgan fingerprint density at radius 3 is 1.91 bits per heavy atom. The SMILES string of the molecule is CC1CCCC(C)C1C=O.Cl. The molecule has 1 rings (SSSR count). The van der Waals surface area contributed by atoms with E-state index in [1.165, 1.54) is 19.3 Å². The number of rotatable bonds is 1. The highest BCUT2D eigenvalue weighted by atomic mass is 35.5. The number of hydrogen-bond acceptors (Lipinski definition) is 1. The van der Waals surface area contributed by atoms with Gasteiger partial charge in [0.1, 0.15) is 6.29 Å². The van der Waals surface area contributed by atoms with E-state index in [9.17, 15) is 4.79 Å². The van der Waals surface area contributed by atoms with Crippen molar-refractivity contribution in [3.63, 3.8) is 0 Å². The fraction of sp³-hybridized carbons (Fsp3) is 0.889. The Kier molecular flexibility index (Phi) is 4.74. The van der Waals surface area contributed by atoms with E-state index in [-0.39, 0.29) is 12.4 Å². The van der Waals surface area contributed by atoms with Crippen molar-refractivity contribution in [2.24, 2.45) is 17.8 Å². The molecule has 11 heavy (non-hydrogen) atoms. The van der Waals surface area contributed by atoms with Crippen LogP contribution in [0.25, 0.3) is 0 Å². The number of halogens is 1. The molecule has 0 aliphatic heterocycles. The molecule has 0 saturated heterocycles. The smallest absolute Gasteiger partial charge is 0.123 e. The van der Waals surface area contributed by atoms with Crippen molar-refractivity contribution in [1.29, 1.82) is 0 Å². The highest BCUT2D eigenvalue weighted by Gasteiger charge is 2.26. The van der Waals surface area contributed by atoms with E-state index in [0.29, 0.717) is 17.8 Å². The Morgan fingerprint density at radius 1 is 1.18 bits per heavy atom. The van der Waals surface area contributed by atoms with E-state index < -0.39 is 0 Å².